The van der Waals surface area contributed by atoms with E-state index in [4.69, 9.17) is 0 Å². The molecule has 34 heavy (non-hydrogen) atoms. The highest BCUT2D eigenvalue weighted by atomic mass is 15.0. The lowest BCUT2D eigenvalue weighted by atomic mass is 9.99. The molecule has 0 aliphatic carbocycles. The second-order valence-electron chi connectivity index (χ2n) is 9.25. The van der Waals surface area contributed by atoms with Gasteiger partial charge in [-0.1, -0.05) is 84.9 Å². The fourth-order valence-corrected chi connectivity index (χ4v) is 5.77. The van der Waals surface area contributed by atoms with Crippen molar-refractivity contribution in [3.05, 3.63) is 109 Å². The first-order valence-corrected chi connectivity index (χ1v) is 11.7. The monoisotopic (exact) mass is 436 g/mol. The van der Waals surface area contributed by atoms with Crippen molar-refractivity contribution in [2.75, 3.05) is 0 Å². The van der Waals surface area contributed by atoms with Gasteiger partial charge in [-0.05, 0) is 36.8 Å². The second-order valence-corrected chi connectivity index (χ2v) is 9.25. The zero-order valence-electron chi connectivity index (χ0n) is 19.3. The van der Waals surface area contributed by atoms with E-state index in [1.165, 1.54) is 65.6 Å². The standard InChI is InChI=1S/C32H24N2/c1-20(2)21-16-18-22(19-17-21)34-28-15-9-7-13-26(28)30-29-25-12-6-8-14-27(25)33(3)31(29)23-10-4-5-11-24(23)32(30)34/h4-19H,1H2,2-3H3. The van der Waals surface area contributed by atoms with Crippen molar-refractivity contribution < 1.29 is 0 Å². The van der Waals surface area contributed by atoms with Crippen molar-refractivity contribution >= 4 is 60.0 Å². The summed E-state index contributed by atoms with van der Waals surface area (Å²) < 4.78 is 4.80. The van der Waals surface area contributed by atoms with E-state index in [0.717, 1.165) is 5.57 Å². The molecule has 0 saturated carbocycles. The summed E-state index contributed by atoms with van der Waals surface area (Å²) in [6.07, 6.45) is 0. The molecule has 0 spiro atoms. The molecule has 2 aromatic heterocycles. The Morgan fingerprint density at radius 1 is 0.588 bits per heavy atom. The fraction of sp³-hybridized carbons (Fsp3) is 0.0625. The number of aryl methyl sites for hydroxylation is 1. The van der Waals surface area contributed by atoms with Crippen LogP contribution in [-0.4, -0.2) is 9.13 Å². The van der Waals surface area contributed by atoms with Crippen molar-refractivity contribution in [3.8, 4) is 5.69 Å². The van der Waals surface area contributed by atoms with E-state index in [0.29, 0.717) is 0 Å². The first-order valence-electron chi connectivity index (χ1n) is 11.7. The lowest BCUT2D eigenvalue weighted by Gasteiger charge is -2.12. The van der Waals surface area contributed by atoms with E-state index in [1.807, 2.05) is 0 Å². The molecule has 5 aromatic carbocycles. The van der Waals surface area contributed by atoms with E-state index in [1.54, 1.807) is 0 Å². The number of rotatable bonds is 2. The van der Waals surface area contributed by atoms with Crippen LogP contribution in [0.25, 0.3) is 65.6 Å². The predicted octanol–water partition coefficient (Wildman–Crippen LogP) is 8.61. The minimum Gasteiger partial charge on any atom is -0.343 e. The lowest BCUT2D eigenvalue weighted by Crippen LogP contribution is -1.95. The fourth-order valence-electron chi connectivity index (χ4n) is 5.77. The topological polar surface area (TPSA) is 9.86 Å². The van der Waals surface area contributed by atoms with Gasteiger partial charge in [-0.15, -0.1) is 0 Å². The highest BCUT2D eigenvalue weighted by Crippen LogP contribution is 2.45. The van der Waals surface area contributed by atoms with Gasteiger partial charge < -0.3 is 9.13 Å². The Morgan fingerprint density at radius 3 is 1.74 bits per heavy atom. The molecule has 0 N–H and O–H groups in total. The predicted molar refractivity (Wildman–Crippen MR) is 147 cm³/mol. The van der Waals surface area contributed by atoms with E-state index in [-0.39, 0.29) is 0 Å². The summed E-state index contributed by atoms with van der Waals surface area (Å²) >= 11 is 0. The van der Waals surface area contributed by atoms with Crippen LogP contribution in [0, 0.1) is 0 Å². The van der Waals surface area contributed by atoms with E-state index in [9.17, 15) is 0 Å². The Labute approximate surface area is 198 Å². The van der Waals surface area contributed by atoms with Gasteiger partial charge in [0.05, 0.1) is 16.6 Å². The molecule has 2 heteroatoms. The van der Waals surface area contributed by atoms with Gasteiger partial charge in [0.2, 0.25) is 0 Å². The summed E-state index contributed by atoms with van der Waals surface area (Å²) in [4.78, 5) is 0. The Balaban J connectivity index is 1.80. The number of hydrogen-bond donors (Lipinski definition) is 0. The number of para-hydroxylation sites is 2. The number of benzene rings is 5. The molecule has 0 amide bonds. The molecule has 0 aliphatic rings. The van der Waals surface area contributed by atoms with Crippen molar-refractivity contribution in [2.24, 2.45) is 7.05 Å². The van der Waals surface area contributed by atoms with Crippen LogP contribution in [0.5, 0.6) is 0 Å². The average Bonchev–Trinajstić information content (AvgIpc) is 3.37. The quantitative estimate of drug-likeness (QED) is 0.257. The minimum absolute atomic E-state index is 1.08. The van der Waals surface area contributed by atoms with Crippen LogP contribution >= 0.6 is 0 Å². The van der Waals surface area contributed by atoms with Gasteiger partial charge in [0.1, 0.15) is 0 Å². The summed E-state index contributed by atoms with van der Waals surface area (Å²) in [5.41, 5.74) is 8.47. The largest absolute Gasteiger partial charge is 0.343 e. The maximum absolute atomic E-state index is 4.11. The first kappa shape index (κ1) is 19.2. The van der Waals surface area contributed by atoms with Crippen LogP contribution in [0.4, 0.5) is 0 Å². The molecular weight excluding hydrogens is 412 g/mol. The molecule has 0 unspecified atom stereocenters. The van der Waals surface area contributed by atoms with Gasteiger partial charge in [0, 0.05) is 50.6 Å². The molecule has 0 atom stereocenters. The molecule has 7 aromatic rings. The molecular formula is C32H24N2. The summed E-state index contributed by atoms with van der Waals surface area (Å²) in [6.45, 7) is 6.17. The molecule has 2 nitrogen and oxygen atoms in total. The van der Waals surface area contributed by atoms with E-state index < -0.39 is 0 Å². The van der Waals surface area contributed by atoms with Crippen molar-refractivity contribution in [3.63, 3.8) is 0 Å². The van der Waals surface area contributed by atoms with Crippen LogP contribution in [0.2, 0.25) is 0 Å². The third kappa shape index (κ3) is 2.40. The number of allylic oxidation sites excluding steroid dienone is 1. The van der Waals surface area contributed by atoms with Gasteiger partial charge in [0.25, 0.3) is 0 Å². The van der Waals surface area contributed by atoms with Crippen molar-refractivity contribution in [1.29, 1.82) is 0 Å². The number of hydrogen-bond acceptors (Lipinski definition) is 0. The van der Waals surface area contributed by atoms with Crippen LogP contribution in [-0.2, 0) is 7.05 Å². The van der Waals surface area contributed by atoms with Gasteiger partial charge in [0.15, 0.2) is 0 Å². The Bertz CT molecular complexity index is 1930. The second kappa shape index (κ2) is 6.85. The SMILES string of the molecule is C=C(C)c1ccc(-n2c3ccccc3c3c4c5ccccc5n(C)c4c4ccccc4c32)cc1. The molecule has 0 saturated heterocycles. The Morgan fingerprint density at radius 2 is 1.09 bits per heavy atom. The first-order chi connectivity index (χ1) is 16.6. The molecule has 162 valence electrons. The minimum atomic E-state index is 1.08. The van der Waals surface area contributed by atoms with E-state index in [2.05, 4.69) is 127 Å². The zero-order chi connectivity index (χ0) is 23.0. The highest BCUT2D eigenvalue weighted by Gasteiger charge is 2.22. The summed E-state index contributed by atoms with van der Waals surface area (Å²) in [5.74, 6) is 0. The van der Waals surface area contributed by atoms with Gasteiger partial charge >= 0.3 is 0 Å². The van der Waals surface area contributed by atoms with E-state index >= 15 is 0 Å². The Kier molecular flexibility index (Phi) is 3.87. The third-order valence-electron chi connectivity index (χ3n) is 7.29. The van der Waals surface area contributed by atoms with Gasteiger partial charge in [-0.25, -0.2) is 0 Å². The third-order valence-corrected chi connectivity index (χ3v) is 7.29. The summed E-state index contributed by atoms with van der Waals surface area (Å²) in [6, 6.07) is 35.2. The smallest absolute Gasteiger partial charge is 0.0627 e. The highest BCUT2D eigenvalue weighted by molar-refractivity contribution is 6.37. The molecule has 0 aliphatic heterocycles. The van der Waals surface area contributed by atoms with Crippen molar-refractivity contribution in [2.45, 2.75) is 6.92 Å². The van der Waals surface area contributed by atoms with Crippen LogP contribution in [0.15, 0.2) is 104 Å². The van der Waals surface area contributed by atoms with Gasteiger partial charge in [-0.3, -0.25) is 0 Å². The van der Waals surface area contributed by atoms with Crippen molar-refractivity contribution in [1.82, 2.24) is 9.13 Å². The molecule has 2 heterocycles. The molecule has 7 rings (SSSR count). The zero-order valence-corrected chi connectivity index (χ0v) is 19.3. The van der Waals surface area contributed by atoms with Crippen LogP contribution in [0.1, 0.15) is 12.5 Å². The summed E-state index contributed by atoms with van der Waals surface area (Å²) in [5, 5.41) is 7.80. The summed E-state index contributed by atoms with van der Waals surface area (Å²) in [7, 11) is 2.19. The number of fused-ring (bicyclic) bond motifs is 10. The lowest BCUT2D eigenvalue weighted by molar-refractivity contribution is 1.02. The number of aromatic nitrogens is 2. The van der Waals surface area contributed by atoms with Crippen LogP contribution in [0.3, 0.4) is 0 Å². The molecule has 0 fully saturated rings. The Hall–Kier alpha value is -4.30. The molecule has 0 radical (unpaired) electrons. The normalized spacial score (nSPS) is 11.9. The average molecular weight is 437 g/mol. The molecule has 0 bridgehead atoms. The van der Waals surface area contributed by atoms with Gasteiger partial charge in [-0.2, -0.15) is 0 Å². The number of nitrogens with zero attached hydrogens (tertiary/aromatic N) is 2. The van der Waals surface area contributed by atoms with Crippen LogP contribution < -0.4 is 0 Å². The maximum Gasteiger partial charge on any atom is 0.0627 e. The maximum atomic E-state index is 4.11.